The number of benzene rings is 2. The quantitative estimate of drug-likeness (QED) is 0.445. The van der Waals surface area contributed by atoms with Gasteiger partial charge in [-0.15, -0.1) is 0 Å². The van der Waals surface area contributed by atoms with Crippen LogP contribution in [0.25, 0.3) is 22.2 Å². The lowest BCUT2D eigenvalue weighted by Gasteiger charge is -2.15. The number of rotatable bonds is 6. The summed E-state index contributed by atoms with van der Waals surface area (Å²) in [5, 5.41) is 11.1. The summed E-state index contributed by atoms with van der Waals surface area (Å²) < 4.78 is 8.17. The van der Waals surface area contributed by atoms with E-state index in [2.05, 4.69) is 34.6 Å². The van der Waals surface area contributed by atoms with Crippen LogP contribution in [-0.2, 0) is 0 Å². The molecular weight excluding hydrogens is 376 g/mol. The van der Waals surface area contributed by atoms with Gasteiger partial charge in [-0.2, -0.15) is 0 Å². The van der Waals surface area contributed by atoms with Crippen molar-refractivity contribution in [2.45, 2.75) is 39.3 Å². The van der Waals surface area contributed by atoms with Crippen molar-refractivity contribution >= 4 is 16.9 Å². The molecule has 154 valence electrons. The van der Waals surface area contributed by atoms with Crippen LogP contribution in [0.5, 0.6) is 11.5 Å². The summed E-state index contributed by atoms with van der Waals surface area (Å²) in [6.45, 7) is 6.17. The Hall–Kier alpha value is -3.38. The van der Waals surface area contributed by atoms with Crippen LogP contribution in [0, 0.1) is 0 Å². The number of anilines is 1. The molecule has 1 unspecified atom stereocenters. The molecule has 4 aromatic rings. The number of nitrogens with zero attached hydrogens (tertiary/aromatic N) is 3. The summed E-state index contributed by atoms with van der Waals surface area (Å²) in [7, 11) is 0. The lowest BCUT2D eigenvalue weighted by molar-refractivity contribution is 0.170. The van der Waals surface area contributed by atoms with Gasteiger partial charge in [0, 0.05) is 23.4 Å². The molecule has 0 saturated heterocycles. The van der Waals surface area contributed by atoms with Crippen LogP contribution in [0.15, 0.2) is 61.1 Å². The molecule has 3 N–H and O–H groups in total. The average Bonchev–Trinajstić information content (AvgIpc) is 3.15. The van der Waals surface area contributed by atoms with Crippen LogP contribution in [-0.4, -0.2) is 19.6 Å². The minimum Gasteiger partial charge on any atom is -0.457 e. The molecule has 0 radical (unpaired) electrons. The maximum Gasteiger partial charge on any atom is 0.146 e. The Morgan fingerprint density at radius 1 is 1.07 bits per heavy atom. The van der Waals surface area contributed by atoms with E-state index in [0.29, 0.717) is 23.7 Å². The normalized spacial score (nSPS) is 12.4. The molecule has 0 amide bonds. The number of aromatic nitrogens is 3. The predicted molar refractivity (Wildman–Crippen MR) is 120 cm³/mol. The van der Waals surface area contributed by atoms with E-state index in [1.165, 1.54) is 6.33 Å². The summed E-state index contributed by atoms with van der Waals surface area (Å²) in [6, 6.07) is 15.7. The zero-order chi connectivity index (χ0) is 21.3. The van der Waals surface area contributed by atoms with Crippen LogP contribution in [0.1, 0.15) is 44.9 Å². The fourth-order valence-electron chi connectivity index (χ4n) is 3.62. The number of nitrogens with two attached hydrogens (primary N) is 1. The van der Waals surface area contributed by atoms with Crippen molar-refractivity contribution in [1.29, 1.82) is 0 Å². The zero-order valence-corrected chi connectivity index (χ0v) is 17.4. The summed E-state index contributed by atoms with van der Waals surface area (Å²) >= 11 is 0. The van der Waals surface area contributed by atoms with E-state index in [0.717, 1.165) is 27.7 Å². The Bertz CT molecular complexity index is 1170. The van der Waals surface area contributed by atoms with E-state index < -0.39 is 6.10 Å². The lowest BCUT2D eigenvalue weighted by Crippen LogP contribution is -2.00. The number of para-hydroxylation sites is 1. The van der Waals surface area contributed by atoms with Gasteiger partial charge in [0.2, 0.25) is 0 Å². The zero-order valence-electron chi connectivity index (χ0n) is 17.4. The largest absolute Gasteiger partial charge is 0.457 e. The summed E-state index contributed by atoms with van der Waals surface area (Å²) in [5.41, 5.74) is 9.80. The van der Waals surface area contributed by atoms with E-state index in [1.807, 2.05) is 55.5 Å². The Morgan fingerprint density at radius 3 is 2.50 bits per heavy atom. The highest BCUT2D eigenvalue weighted by Crippen LogP contribution is 2.36. The Balaban J connectivity index is 1.69. The summed E-state index contributed by atoms with van der Waals surface area (Å²) in [6.07, 6.45) is 3.65. The first kappa shape index (κ1) is 19.9. The molecular formula is C24H26N4O2. The van der Waals surface area contributed by atoms with Crippen molar-refractivity contribution in [3.63, 3.8) is 0 Å². The van der Waals surface area contributed by atoms with Gasteiger partial charge in [-0.1, -0.05) is 37.3 Å². The molecule has 30 heavy (non-hydrogen) atoms. The molecule has 6 heteroatoms. The topological polar surface area (TPSA) is 86.2 Å². The molecule has 0 aliphatic heterocycles. The maximum absolute atomic E-state index is 10.2. The third kappa shape index (κ3) is 3.62. The highest BCUT2D eigenvalue weighted by atomic mass is 16.5. The number of hydrogen-bond donors (Lipinski definition) is 2. The monoisotopic (exact) mass is 402 g/mol. The maximum atomic E-state index is 10.2. The van der Waals surface area contributed by atoms with Gasteiger partial charge in [0.05, 0.1) is 11.5 Å². The second-order valence-electron chi connectivity index (χ2n) is 7.59. The fourth-order valence-corrected chi connectivity index (χ4v) is 3.62. The van der Waals surface area contributed by atoms with Crippen LogP contribution in [0.4, 0.5) is 5.82 Å². The molecule has 0 aliphatic rings. The summed E-state index contributed by atoms with van der Waals surface area (Å²) in [4.78, 5) is 8.62. The first-order chi connectivity index (χ1) is 14.5. The van der Waals surface area contributed by atoms with Gasteiger partial charge < -0.3 is 20.1 Å². The predicted octanol–water partition coefficient (Wildman–Crippen LogP) is 5.50. The third-order valence-corrected chi connectivity index (χ3v) is 5.25. The fraction of sp³-hybridized carbons (Fsp3) is 0.250. The minimum atomic E-state index is -0.550. The third-order valence-electron chi connectivity index (χ3n) is 5.25. The Kier molecular flexibility index (Phi) is 5.42. The number of aliphatic hydroxyl groups excluding tert-OH is 1. The highest BCUT2D eigenvalue weighted by Gasteiger charge is 2.17. The van der Waals surface area contributed by atoms with Gasteiger partial charge >= 0.3 is 0 Å². The summed E-state index contributed by atoms with van der Waals surface area (Å²) in [5.74, 6) is 1.83. The van der Waals surface area contributed by atoms with Gasteiger partial charge in [-0.3, -0.25) is 0 Å². The van der Waals surface area contributed by atoms with E-state index >= 15 is 0 Å². The molecule has 2 aromatic carbocycles. The van der Waals surface area contributed by atoms with Crippen LogP contribution in [0.2, 0.25) is 0 Å². The Morgan fingerprint density at radius 2 is 1.80 bits per heavy atom. The molecule has 6 nitrogen and oxygen atoms in total. The van der Waals surface area contributed by atoms with Gasteiger partial charge in [0.1, 0.15) is 29.3 Å². The molecule has 0 aliphatic carbocycles. The van der Waals surface area contributed by atoms with Crippen molar-refractivity contribution < 1.29 is 9.84 Å². The van der Waals surface area contributed by atoms with Gasteiger partial charge in [0.15, 0.2) is 0 Å². The van der Waals surface area contributed by atoms with Crippen LogP contribution < -0.4 is 10.5 Å². The number of ether oxygens (including phenoxy) is 1. The molecule has 4 rings (SSSR count). The van der Waals surface area contributed by atoms with E-state index in [1.54, 1.807) is 0 Å². The standard InChI is InChI=1S/C24H26N4O2/c1-4-20(29)18-7-5-6-8-21(18)30-17-11-9-16(10-12-17)19-13-28(15(2)3)24-22(19)23(25)26-14-27-24/h5-15,20,29H,4H2,1-3H3,(H2,25,26,27). The SMILES string of the molecule is CCC(O)c1ccccc1Oc1ccc(-c2cn(C(C)C)c3ncnc(N)c23)cc1. The van der Waals surface area contributed by atoms with Crippen molar-refractivity contribution in [3.05, 3.63) is 66.6 Å². The van der Waals surface area contributed by atoms with Gasteiger partial charge in [-0.05, 0) is 44.0 Å². The van der Waals surface area contributed by atoms with Crippen molar-refractivity contribution in [3.8, 4) is 22.6 Å². The van der Waals surface area contributed by atoms with Crippen LogP contribution in [0.3, 0.4) is 0 Å². The average molecular weight is 402 g/mol. The number of fused-ring (bicyclic) bond motifs is 1. The van der Waals surface area contributed by atoms with Gasteiger partial charge in [0.25, 0.3) is 0 Å². The molecule has 2 aromatic heterocycles. The molecule has 1 atom stereocenters. The van der Waals surface area contributed by atoms with Gasteiger partial charge in [-0.25, -0.2) is 9.97 Å². The van der Waals surface area contributed by atoms with Crippen LogP contribution >= 0.6 is 0 Å². The molecule has 0 spiro atoms. The van der Waals surface area contributed by atoms with Crippen molar-refractivity contribution in [2.75, 3.05) is 5.73 Å². The minimum absolute atomic E-state index is 0.250. The van der Waals surface area contributed by atoms with E-state index in [-0.39, 0.29) is 6.04 Å². The Labute approximate surface area is 176 Å². The lowest BCUT2D eigenvalue weighted by atomic mass is 10.1. The second-order valence-corrected chi connectivity index (χ2v) is 7.59. The molecule has 0 saturated carbocycles. The number of aliphatic hydroxyl groups is 1. The smallest absolute Gasteiger partial charge is 0.146 e. The second kappa shape index (κ2) is 8.16. The molecule has 0 bridgehead atoms. The van der Waals surface area contributed by atoms with E-state index in [9.17, 15) is 5.11 Å². The molecule has 0 fully saturated rings. The number of nitrogen functional groups attached to an aromatic ring is 1. The van der Waals surface area contributed by atoms with Crippen molar-refractivity contribution in [1.82, 2.24) is 14.5 Å². The van der Waals surface area contributed by atoms with Crippen molar-refractivity contribution in [2.24, 2.45) is 0 Å². The number of hydrogen-bond acceptors (Lipinski definition) is 5. The molecule has 2 heterocycles. The first-order valence-electron chi connectivity index (χ1n) is 10.2. The first-order valence-corrected chi connectivity index (χ1v) is 10.2. The van der Waals surface area contributed by atoms with E-state index in [4.69, 9.17) is 10.5 Å². The highest BCUT2D eigenvalue weighted by molar-refractivity contribution is 6.00.